The number of carbonyl (C=O) groups excluding carboxylic acids is 1. The molecule has 1 heterocycles. The topological polar surface area (TPSA) is 34.5 Å². The molecule has 0 saturated heterocycles. The van der Waals surface area contributed by atoms with E-state index in [9.17, 15) is 4.79 Å². The van der Waals surface area contributed by atoms with Gasteiger partial charge in [0, 0.05) is 30.1 Å². The molecular formula is C18H26N2O2. The van der Waals surface area contributed by atoms with Crippen LogP contribution in [0.5, 0.6) is 0 Å². The number of aryl methyl sites for hydroxylation is 2. The van der Waals surface area contributed by atoms with Gasteiger partial charge in [0.1, 0.15) is 6.04 Å². The van der Waals surface area contributed by atoms with E-state index < -0.39 is 0 Å². The van der Waals surface area contributed by atoms with Gasteiger partial charge in [-0.2, -0.15) is 0 Å². The molecule has 1 aromatic carbocycles. The zero-order valence-electron chi connectivity index (χ0n) is 14.4. The average molecular weight is 302 g/mol. The van der Waals surface area contributed by atoms with Crippen LogP contribution in [0.4, 0.5) is 0 Å². The fourth-order valence-corrected chi connectivity index (χ4v) is 2.93. The highest BCUT2D eigenvalue weighted by Crippen LogP contribution is 2.27. The van der Waals surface area contributed by atoms with Gasteiger partial charge in [0.2, 0.25) is 0 Å². The predicted octanol–water partition coefficient (Wildman–Crippen LogP) is 2.83. The smallest absolute Gasteiger partial charge is 0.323 e. The molecule has 0 aliphatic heterocycles. The van der Waals surface area contributed by atoms with Crippen molar-refractivity contribution in [3.63, 3.8) is 0 Å². The maximum Gasteiger partial charge on any atom is 0.323 e. The van der Waals surface area contributed by atoms with Gasteiger partial charge in [-0.3, -0.25) is 9.69 Å². The Bertz CT molecular complexity index is 686. The lowest BCUT2D eigenvalue weighted by atomic mass is 10.0. The molecule has 2 aromatic rings. The second-order valence-electron chi connectivity index (χ2n) is 6.08. The fourth-order valence-electron chi connectivity index (χ4n) is 2.93. The Morgan fingerprint density at radius 2 is 2.00 bits per heavy atom. The monoisotopic (exact) mass is 302 g/mol. The standard InChI is InChI=1S/C18H26N2O2/c1-7-22-18(21)17(19(4)5)11-14-13(3)20(6)16-9-8-12(2)10-15(14)16/h8-10,17H,7,11H2,1-6H3. The summed E-state index contributed by atoms with van der Waals surface area (Å²) in [5.74, 6) is -0.156. The molecule has 4 nitrogen and oxygen atoms in total. The summed E-state index contributed by atoms with van der Waals surface area (Å²) in [6.45, 7) is 6.47. The lowest BCUT2D eigenvalue weighted by Gasteiger charge is -2.22. The second kappa shape index (κ2) is 6.53. The number of likely N-dealkylation sites (N-methyl/N-ethyl adjacent to an activating group) is 1. The minimum absolute atomic E-state index is 0.156. The molecule has 0 aliphatic rings. The lowest BCUT2D eigenvalue weighted by molar-refractivity contribution is -0.148. The van der Waals surface area contributed by atoms with Crippen LogP contribution in [0.25, 0.3) is 10.9 Å². The molecule has 1 atom stereocenters. The Morgan fingerprint density at radius 1 is 1.32 bits per heavy atom. The average Bonchev–Trinajstić information content (AvgIpc) is 2.68. The van der Waals surface area contributed by atoms with Crippen LogP contribution in [0.2, 0.25) is 0 Å². The van der Waals surface area contributed by atoms with E-state index in [0.29, 0.717) is 13.0 Å². The Kier molecular flexibility index (Phi) is 4.91. The predicted molar refractivity (Wildman–Crippen MR) is 90.2 cm³/mol. The van der Waals surface area contributed by atoms with Crippen molar-refractivity contribution in [2.75, 3.05) is 20.7 Å². The van der Waals surface area contributed by atoms with E-state index in [1.165, 1.54) is 27.7 Å². The Morgan fingerprint density at radius 3 is 2.59 bits per heavy atom. The highest BCUT2D eigenvalue weighted by Gasteiger charge is 2.25. The highest BCUT2D eigenvalue weighted by atomic mass is 16.5. The van der Waals surface area contributed by atoms with Crippen LogP contribution in [0.15, 0.2) is 18.2 Å². The Hall–Kier alpha value is -1.81. The van der Waals surface area contributed by atoms with Crippen molar-refractivity contribution in [2.45, 2.75) is 33.2 Å². The molecule has 0 bridgehead atoms. The van der Waals surface area contributed by atoms with E-state index in [2.05, 4.69) is 43.7 Å². The number of aromatic nitrogens is 1. The minimum atomic E-state index is -0.259. The molecule has 0 N–H and O–H groups in total. The number of fused-ring (bicyclic) bond motifs is 1. The molecule has 2 rings (SSSR count). The Labute approximate surface area is 132 Å². The van der Waals surface area contributed by atoms with Gasteiger partial charge < -0.3 is 9.30 Å². The summed E-state index contributed by atoms with van der Waals surface area (Å²) in [6, 6.07) is 6.22. The van der Waals surface area contributed by atoms with E-state index in [-0.39, 0.29) is 12.0 Å². The third-order valence-electron chi connectivity index (χ3n) is 4.36. The maximum absolute atomic E-state index is 12.2. The van der Waals surface area contributed by atoms with Gasteiger partial charge in [-0.1, -0.05) is 11.6 Å². The lowest BCUT2D eigenvalue weighted by Crippen LogP contribution is -2.39. The molecule has 0 saturated carbocycles. The van der Waals surface area contributed by atoms with Crippen LogP contribution in [0, 0.1) is 13.8 Å². The van der Waals surface area contributed by atoms with Gasteiger partial charge in [-0.25, -0.2) is 0 Å². The number of hydrogen-bond acceptors (Lipinski definition) is 3. The molecular weight excluding hydrogens is 276 g/mol. The molecule has 0 spiro atoms. The van der Waals surface area contributed by atoms with Gasteiger partial charge in [-0.15, -0.1) is 0 Å². The molecule has 120 valence electrons. The number of hydrogen-bond donors (Lipinski definition) is 0. The van der Waals surface area contributed by atoms with Crippen LogP contribution in [0.1, 0.15) is 23.7 Å². The van der Waals surface area contributed by atoms with E-state index in [1.807, 2.05) is 25.9 Å². The maximum atomic E-state index is 12.2. The number of nitrogens with zero attached hydrogens (tertiary/aromatic N) is 2. The normalized spacial score (nSPS) is 12.9. The highest BCUT2D eigenvalue weighted by molar-refractivity contribution is 5.87. The number of benzene rings is 1. The van der Waals surface area contributed by atoms with Crippen molar-refractivity contribution in [3.05, 3.63) is 35.0 Å². The summed E-state index contributed by atoms with van der Waals surface area (Å²) < 4.78 is 7.43. The van der Waals surface area contributed by atoms with Crippen LogP contribution >= 0.6 is 0 Å². The Balaban J connectivity index is 2.47. The van der Waals surface area contributed by atoms with Gasteiger partial charge in [0.05, 0.1) is 6.61 Å². The van der Waals surface area contributed by atoms with Crippen molar-refractivity contribution in [1.29, 1.82) is 0 Å². The number of ether oxygens (including phenoxy) is 1. The van der Waals surface area contributed by atoms with E-state index in [1.54, 1.807) is 0 Å². The van der Waals surface area contributed by atoms with Crippen molar-refractivity contribution < 1.29 is 9.53 Å². The van der Waals surface area contributed by atoms with Crippen LogP contribution in [-0.4, -0.2) is 42.2 Å². The zero-order valence-corrected chi connectivity index (χ0v) is 14.4. The van der Waals surface area contributed by atoms with Gasteiger partial charge in [0.25, 0.3) is 0 Å². The van der Waals surface area contributed by atoms with Crippen molar-refractivity contribution in [2.24, 2.45) is 7.05 Å². The summed E-state index contributed by atoms with van der Waals surface area (Å²) in [4.78, 5) is 14.2. The summed E-state index contributed by atoms with van der Waals surface area (Å²) >= 11 is 0. The number of rotatable bonds is 5. The number of esters is 1. The molecule has 1 unspecified atom stereocenters. The molecule has 0 radical (unpaired) electrons. The first kappa shape index (κ1) is 16.6. The van der Waals surface area contributed by atoms with E-state index >= 15 is 0 Å². The second-order valence-corrected chi connectivity index (χ2v) is 6.08. The zero-order chi connectivity index (χ0) is 16.4. The molecule has 1 aromatic heterocycles. The summed E-state index contributed by atoms with van der Waals surface area (Å²) in [7, 11) is 5.92. The minimum Gasteiger partial charge on any atom is -0.465 e. The molecule has 22 heavy (non-hydrogen) atoms. The molecule has 0 aliphatic carbocycles. The first-order chi connectivity index (χ1) is 10.4. The van der Waals surface area contributed by atoms with Crippen LogP contribution in [-0.2, 0) is 23.0 Å². The largest absolute Gasteiger partial charge is 0.465 e. The first-order valence-electron chi connectivity index (χ1n) is 7.74. The van der Waals surface area contributed by atoms with Crippen molar-refractivity contribution in [1.82, 2.24) is 9.47 Å². The van der Waals surface area contributed by atoms with E-state index in [4.69, 9.17) is 4.74 Å². The molecule has 0 fully saturated rings. The van der Waals surface area contributed by atoms with Gasteiger partial charge >= 0.3 is 5.97 Å². The quantitative estimate of drug-likeness (QED) is 0.797. The first-order valence-corrected chi connectivity index (χ1v) is 7.74. The summed E-state index contributed by atoms with van der Waals surface area (Å²) in [5, 5.41) is 1.23. The van der Waals surface area contributed by atoms with Crippen LogP contribution in [0.3, 0.4) is 0 Å². The summed E-state index contributed by atoms with van der Waals surface area (Å²) in [6.07, 6.45) is 0.665. The van der Waals surface area contributed by atoms with Crippen LogP contribution < -0.4 is 0 Å². The fraction of sp³-hybridized carbons (Fsp3) is 0.500. The van der Waals surface area contributed by atoms with Crippen molar-refractivity contribution >= 4 is 16.9 Å². The number of carbonyl (C=O) groups is 1. The van der Waals surface area contributed by atoms with E-state index in [0.717, 1.165) is 0 Å². The van der Waals surface area contributed by atoms with Gasteiger partial charge in [0.15, 0.2) is 0 Å². The van der Waals surface area contributed by atoms with Crippen molar-refractivity contribution in [3.8, 4) is 0 Å². The molecule has 0 amide bonds. The van der Waals surface area contributed by atoms with Gasteiger partial charge in [-0.05, 0) is 52.6 Å². The third-order valence-corrected chi connectivity index (χ3v) is 4.36. The SMILES string of the molecule is CCOC(=O)C(Cc1c(C)n(C)c2ccc(C)cc12)N(C)C. The third kappa shape index (κ3) is 3.02. The summed E-state index contributed by atoms with van der Waals surface area (Å²) in [5.41, 5.74) is 4.88. The molecule has 4 heteroatoms.